The average Bonchev–Trinajstić information content (AvgIpc) is 3.54. The third-order valence-corrected chi connectivity index (χ3v) is 7.31. The number of anilines is 2. The Morgan fingerprint density at radius 3 is 2.24 bits per heavy atom. The van der Waals surface area contributed by atoms with Crippen LogP contribution in [0.4, 0.5) is 11.6 Å². The van der Waals surface area contributed by atoms with Gasteiger partial charge in [-0.1, -0.05) is 12.1 Å². The van der Waals surface area contributed by atoms with Gasteiger partial charge in [0.2, 0.25) is 5.95 Å². The van der Waals surface area contributed by atoms with E-state index in [4.69, 9.17) is 0 Å². The predicted octanol–water partition coefficient (Wildman–Crippen LogP) is 3.81. The van der Waals surface area contributed by atoms with Gasteiger partial charge in [0, 0.05) is 23.0 Å². The van der Waals surface area contributed by atoms with Gasteiger partial charge in [-0.25, -0.2) is 23.1 Å². The second kappa shape index (κ2) is 10.4. The number of nitrogens with zero attached hydrogens (tertiary/aromatic N) is 2. The van der Waals surface area contributed by atoms with Crippen LogP contribution in [0.3, 0.4) is 0 Å². The standard InChI is InChI=1S/C22H17N5O4S3/c28-20(18(14-16-4-1-12-32-16)26-21(29)19-5-2-13-33-19)25-15-6-8-17(9-7-15)34(30,31)27-22-23-10-3-11-24-22/h1-14H,(H,25,28)(H,26,29)(H,23,24,27). The number of aromatic nitrogens is 2. The Bertz CT molecular complexity index is 1400. The normalized spacial score (nSPS) is 11.6. The summed E-state index contributed by atoms with van der Waals surface area (Å²) in [6.45, 7) is 0. The summed E-state index contributed by atoms with van der Waals surface area (Å²) in [5, 5.41) is 8.95. The fourth-order valence-electron chi connectivity index (χ4n) is 2.71. The summed E-state index contributed by atoms with van der Waals surface area (Å²) >= 11 is 2.68. The van der Waals surface area contributed by atoms with Crippen LogP contribution >= 0.6 is 22.7 Å². The molecule has 4 aromatic rings. The molecule has 4 rings (SSSR count). The Labute approximate surface area is 203 Å². The number of hydrogen-bond acceptors (Lipinski definition) is 8. The van der Waals surface area contributed by atoms with Gasteiger partial charge in [0.15, 0.2) is 0 Å². The van der Waals surface area contributed by atoms with Gasteiger partial charge in [0.1, 0.15) is 5.70 Å². The van der Waals surface area contributed by atoms with Gasteiger partial charge < -0.3 is 10.6 Å². The highest BCUT2D eigenvalue weighted by Gasteiger charge is 2.18. The smallest absolute Gasteiger partial charge is 0.272 e. The quantitative estimate of drug-likeness (QED) is 0.309. The van der Waals surface area contributed by atoms with Crippen LogP contribution < -0.4 is 15.4 Å². The molecule has 0 unspecified atom stereocenters. The molecule has 0 saturated heterocycles. The molecule has 0 aliphatic rings. The number of thiophene rings is 2. The number of hydrogen-bond donors (Lipinski definition) is 3. The van der Waals surface area contributed by atoms with Crippen LogP contribution in [0, 0.1) is 0 Å². The average molecular weight is 512 g/mol. The van der Waals surface area contributed by atoms with Crippen molar-refractivity contribution in [2.24, 2.45) is 0 Å². The minimum Gasteiger partial charge on any atom is -0.321 e. The molecule has 1 aromatic carbocycles. The van der Waals surface area contributed by atoms with E-state index < -0.39 is 21.8 Å². The highest BCUT2D eigenvalue weighted by atomic mass is 32.2. The first-order chi connectivity index (χ1) is 16.4. The Kier molecular flexibility index (Phi) is 7.11. The molecule has 3 heterocycles. The van der Waals surface area contributed by atoms with E-state index in [2.05, 4.69) is 25.3 Å². The van der Waals surface area contributed by atoms with E-state index in [-0.39, 0.29) is 16.5 Å². The molecule has 3 aromatic heterocycles. The van der Waals surface area contributed by atoms with E-state index in [0.29, 0.717) is 10.6 Å². The SMILES string of the molecule is O=C(Nc1ccc(S(=O)(=O)Nc2ncccn2)cc1)C(=Cc1cccs1)NC(=O)c1cccs1. The molecule has 0 saturated carbocycles. The third-order valence-electron chi connectivity index (χ3n) is 4.28. The van der Waals surface area contributed by atoms with Crippen molar-refractivity contribution in [3.8, 4) is 0 Å². The zero-order valence-corrected chi connectivity index (χ0v) is 19.8. The molecule has 0 bridgehead atoms. The van der Waals surface area contributed by atoms with Crippen molar-refractivity contribution < 1.29 is 18.0 Å². The molecule has 0 aliphatic carbocycles. The van der Waals surface area contributed by atoms with E-state index >= 15 is 0 Å². The van der Waals surface area contributed by atoms with Gasteiger partial charge >= 0.3 is 0 Å². The second-order valence-electron chi connectivity index (χ2n) is 6.66. The summed E-state index contributed by atoms with van der Waals surface area (Å²) in [7, 11) is -3.90. The molecule has 0 atom stereocenters. The number of rotatable bonds is 8. The fourth-order valence-corrected chi connectivity index (χ4v) is 4.95. The predicted molar refractivity (Wildman–Crippen MR) is 132 cm³/mol. The van der Waals surface area contributed by atoms with Gasteiger partial charge in [-0.2, -0.15) is 0 Å². The van der Waals surface area contributed by atoms with E-state index in [9.17, 15) is 18.0 Å². The summed E-state index contributed by atoms with van der Waals surface area (Å²) in [4.78, 5) is 34.3. The molecule has 9 nitrogen and oxygen atoms in total. The van der Waals surface area contributed by atoms with Crippen LogP contribution in [-0.4, -0.2) is 30.2 Å². The number of carbonyl (C=O) groups is 2. The summed E-state index contributed by atoms with van der Waals surface area (Å²) in [5.41, 5.74) is 0.405. The van der Waals surface area contributed by atoms with Crippen LogP contribution in [0.1, 0.15) is 14.5 Å². The van der Waals surface area contributed by atoms with Crippen LogP contribution in [-0.2, 0) is 14.8 Å². The third kappa shape index (κ3) is 5.92. The van der Waals surface area contributed by atoms with Crippen LogP contribution in [0.15, 0.2) is 88.3 Å². The topological polar surface area (TPSA) is 130 Å². The minimum atomic E-state index is -3.90. The molecule has 0 fully saturated rings. The van der Waals surface area contributed by atoms with Gasteiger partial charge in [-0.15, -0.1) is 22.7 Å². The molecule has 172 valence electrons. The Morgan fingerprint density at radius 2 is 1.59 bits per heavy atom. The number of benzene rings is 1. The van der Waals surface area contributed by atoms with Gasteiger partial charge in [-0.3, -0.25) is 9.59 Å². The molecule has 3 N–H and O–H groups in total. The van der Waals surface area contributed by atoms with Crippen molar-refractivity contribution >= 4 is 62.2 Å². The molecule has 0 aliphatic heterocycles. The monoisotopic (exact) mass is 511 g/mol. The van der Waals surface area contributed by atoms with E-state index in [1.54, 1.807) is 29.7 Å². The van der Waals surface area contributed by atoms with Crippen molar-refractivity contribution in [3.05, 3.63) is 93.2 Å². The van der Waals surface area contributed by atoms with Crippen molar-refractivity contribution in [2.45, 2.75) is 4.90 Å². The Balaban J connectivity index is 1.49. The number of nitrogens with one attached hydrogen (secondary N) is 3. The summed E-state index contributed by atoms with van der Waals surface area (Å²) in [5.74, 6) is -1.00. The first-order valence-electron chi connectivity index (χ1n) is 9.72. The van der Waals surface area contributed by atoms with Gasteiger partial charge in [0.25, 0.3) is 21.8 Å². The molecule has 34 heavy (non-hydrogen) atoms. The first-order valence-corrected chi connectivity index (χ1v) is 13.0. The number of sulfonamides is 1. The maximum absolute atomic E-state index is 12.9. The van der Waals surface area contributed by atoms with Crippen LogP contribution in [0.25, 0.3) is 6.08 Å². The summed E-state index contributed by atoms with van der Waals surface area (Å²) in [6.07, 6.45) is 4.41. The molecule has 0 radical (unpaired) electrons. The lowest BCUT2D eigenvalue weighted by Gasteiger charge is -2.11. The lowest BCUT2D eigenvalue weighted by molar-refractivity contribution is -0.113. The fraction of sp³-hybridized carbons (Fsp3) is 0. The zero-order valence-electron chi connectivity index (χ0n) is 17.3. The molecular formula is C22H17N5O4S3. The lowest BCUT2D eigenvalue weighted by Crippen LogP contribution is -2.30. The maximum atomic E-state index is 12.9. The Hall–Kier alpha value is -3.87. The highest BCUT2D eigenvalue weighted by molar-refractivity contribution is 7.92. The second-order valence-corrected chi connectivity index (χ2v) is 10.3. The zero-order chi connectivity index (χ0) is 24.0. The van der Waals surface area contributed by atoms with Crippen molar-refractivity contribution in [1.82, 2.24) is 15.3 Å². The van der Waals surface area contributed by atoms with Crippen LogP contribution in [0.5, 0.6) is 0 Å². The van der Waals surface area contributed by atoms with Gasteiger partial charge in [0.05, 0.1) is 9.77 Å². The lowest BCUT2D eigenvalue weighted by atomic mass is 10.2. The van der Waals surface area contributed by atoms with Crippen molar-refractivity contribution in [3.63, 3.8) is 0 Å². The summed E-state index contributed by atoms with van der Waals surface area (Å²) in [6, 6.07) is 14.2. The van der Waals surface area contributed by atoms with Crippen molar-refractivity contribution in [1.29, 1.82) is 0 Å². The van der Waals surface area contributed by atoms with Crippen LogP contribution in [0.2, 0.25) is 0 Å². The largest absolute Gasteiger partial charge is 0.321 e. The van der Waals surface area contributed by atoms with E-state index in [1.165, 1.54) is 59.3 Å². The molecule has 12 heteroatoms. The van der Waals surface area contributed by atoms with Crippen molar-refractivity contribution in [2.75, 3.05) is 10.0 Å². The van der Waals surface area contributed by atoms with E-state index in [1.807, 2.05) is 17.5 Å². The Morgan fingerprint density at radius 1 is 0.882 bits per heavy atom. The minimum absolute atomic E-state index is 0.0294. The maximum Gasteiger partial charge on any atom is 0.272 e. The number of carbonyl (C=O) groups excluding carboxylic acids is 2. The van der Waals surface area contributed by atoms with E-state index in [0.717, 1.165) is 4.88 Å². The molecule has 2 amide bonds. The van der Waals surface area contributed by atoms with Gasteiger partial charge in [-0.05, 0) is 59.3 Å². The first kappa shape index (κ1) is 23.3. The molecule has 0 spiro atoms. The summed E-state index contributed by atoms with van der Waals surface area (Å²) < 4.78 is 27.3. The highest BCUT2D eigenvalue weighted by Crippen LogP contribution is 2.18. The molecular weight excluding hydrogens is 494 g/mol. The number of amides is 2.